The first-order chi connectivity index (χ1) is 9.18. The lowest BCUT2D eigenvalue weighted by Crippen LogP contribution is -2.39. The molecule has 1 atom stereocenters. The second kappa shape index (κ2) is 6.16. The fraction of sp³-hybridized carbons (Fsp3) is 0.562. The van der Waals surface area contributed by atoms with Crippen LogP contribution in [0.5, 0.6) is 0 Å². The largest absolute Gasteiger partial charge is 0.397 e. The molecule has 0 heterocycles. The van der Waals surface area contributed by atoms with Crippen LogP contribution in [-0.4, -0.2) is 25.5 Å². The van der Waals surface area contributed by atoms with Gasteiger partial charge >= 0.3 is 0 Å². The summed E-state index contributed by atoms with van der Waals surface area (Å²) in [4.78, 5) is 14.1. The monoisotopic (exact) mass is 277 g/mol. The van der Waals surface area contributed by atoms with Gasteiger partial charge in [-0.05, 0) is 37.5 Å². The summed E-state index contributed by atoms with van der Waals surface area (Å²) in [5.41, 5.74) is 8.43. The quantitative estimate of drug-likeness (QED) is 0.832. The first kappa shape index (κ1) is 16.3. The maximum absolute atomic E-state index is 11.9. The van der Waals surface area contributed by atoms with E-state index >= 15 is 0 Å². The van der Waals surface area contributed by atoms with Gasteiger partial charge in [-0.15, -0.1) is 0 Å². The number of benzene rings is 1. The van der Waals surface area contributed by atoms with Crippen molar-refractivity contribution in [3.05, 3.63) is 23.8 Å². The van der Waals surface area contributed by atoms with E-state index in [-0.39, 0.29) is 11.3 Å². The summed E-state index contributed by atoms with van der Waals surface area (Å²) in [6, 6.07) is 5.72. The molecule has 0 aromatic heterocycles. The molecule has 1 amide bonds. The molecule has 1 unspecified atom stereocenters. The van der Waals surface area contributed by atoms with Crippen LogP contribution in [0, 0.1) is 5.41 Å². The number of amides is 1. The van der Waals surface area contributed by atoms with Crippen LogP contribution in [0.1, 0.15) is 45.0 Å². The molecule has 1 rings (SSSR count). The molecule has 0 saturated heterocycles. The third-order valence-electron chi connectivity index (χ3n) is 3.84. The molecule has 20 heavy (non-hydrogen) atoms. The van der Waals surface area contributed by atoms with E-state index in [1.807, 2.05) is 20.0 Å². The Hall–Kier alpha value is -1.71. The van der Waals surface area contributed by atoms with Crippen LogP contribution in [0.15, 0.2) is 18.2 Å². The minimum absolute atomic E-state index is 0.0643. The highest BCUT2D eigenvalue weighted by atomic mass is 16.1. The summed E-state index contributed by atoms with van der Waals surface area (Å²) in [5.74, 6) is -0.0643. The number of nitrogens with zero attached hydrogens (tertiary/aromatic N) is 1. The molecule has 0 radical (unpaired) electrons. The highest BCUT2D eigenvalue weighted by molar-refractivity contribution is 5.96. The Morgan fingerprint density at radius 1 is 1.40 bits per heavy atom. The van der Waals surface area contributed by atoms with Crippen molar-refractivity contribution in [2.24, 2.45) is 5.41 Å². The number of nitrogens with two attached hydrogens (primary N) is 1. The van der Waals surface area contributed by atoms with Gasteiger partial charge < -0.3 is 16.0 Å². The van der Waals surface area contributed by atoms with Gasteiger partial charge in [-0.25, -0.2) is 0 Å². The molecule has 0 fully saturated rings. The Kier molecular flexibility index (Phi) is 5.03. The lowest BCUT2D eigenvalue weighted by atomic mass is 9.87. The normalized spacial score (nSPS) is 12.9. The zero-order valence-electron chi connectivity index (χ0n) is 13.4. The van der Waals surface area contributed by atoms with E-state index in [2.05, 4.69) is 37.9 Å². The molecule has 0 aliphatic carbocycles. The van der Waals surface area contributed by atoms with Gasteiger partial charge in [0, 0.05) is 25.2 Å². The fourth-order valence-electron chi connectivity index (χ4n) is 2.04. The Balaban J connectivity index is 3.11. The van der Waals surface area contributed by atoms with Gasteiger partial charge in [0.2, 0.25) is 0 Å². The van der Waals surface area contributed by atoms with Gasteiger partial charge in [0.15, 0.2) is 0 Å². The van der Waals surface area contributed by atoms with E-state index in [9.17, 15) is 4.79 Å². The van der Waals surface area contributed by atoms with Crippen LogP contribution in [0.3, 0.4) is 0 Å². The lowest BCUT2D eigenvalue weighted by molar-refractivity contribution is 0.0956. The van der Waals surface area contributed by atoms with E-state index in [1.165, 1.54) is 0 Å². The van der Waals surface area contributed by atoms with E-state index in [1.54, 1.807) is 12.1 Å². The van der Waals surface area contributed by atoms with Crippen LogP contribution in [0.25, 0.3) is 0 Å². The van der Waals surface area contributed by atoms with E-state index in [0.29, 0.717) is 23.8 Å². The predicted octanol–water partition coefficient (Wildman–Crippen LogP) is 2.89. The molecule has 0 saturated carbocycles. The molecule has 3 N–H and O–H groups in total. The minimum Gasteiger partial charge on any atom is -0.397 e. The van der Waals surface area contributed by atoms with Crippen molar-refractivity contribution < 1.29 is 4.79 Å². The molecule has 4 heteroatoms. The lowest BCUT2D eigenvalue weighted by Gasteiger charge is -2.37. The van der Waals surface area contributed by atoms with Gasteiger partial charge in [0.05, 0.1) is 11.4 Å². The molecular formula is C16H27N3O. The smallest absolute Gasteiger partial charge is 0.251 e. The summed E-state index contributed by atoms with van der Waals surface area (Å²) in [5, 5.41) is 2.81. The second-order valence-electron chi connectivity index (χ2n) is 6.29. The second-order valence-corrected chi connectivity index (χ2v) is 6.29. The summed E-state index contributed by atoms with van der Waals surface area (Å²) in [6.45, 7) is 11.3. The molecule has 1 aromatic carbocycles. The summed E-state index contributed by atoms with van der Waals surface area (Å²) in [7, 11) is 2.02. The fourth-order valence-corrected chi connectivity index (χ4v) is 2.04. The van der Waals surface area contributed by atoms with Crippen molar-refractivity contribution in [1.29, 1.82) is 0 Å². The van der Waals surface area contributed by atoms with Crippen molar-refractivity contribution >= 4 is 17.3 Å². The third kappa shape index (κ3) is 3.65. The van der Waals surface area contributed by atoms with Gasteiger partial charge in [0.25, 0.3) is 5.91 Å². The summed E-state index contributed by atoms with van der Waals surface area (Å²) in [6.07, 6.45) is 0. The molecular weight excluding hydrogens is 250 g/mol. The van der Waals surface area contributed by atoms with E-state index < -0.39 is 0 Å². The Morgan fingerprint density at radius 3 is 2.50 bits per heavy atom. The van der Waals surface area contributed by atoms with E-state index in [0.717, 1.165) is 5.69 Å². The number of nitrogens with one attached hydrogen (secondary N) is 1. The predicted molar refractivity (Wildman–Crippen MR) is 86.2 cm³/mol. The van der Waals surface area contributed by atoms with Crippen LogP contribution in [-0.2, 0) is 0 Å². The number of carbonyl (C=O) groups excluding carboxylic acids is 1. The van der Waals surface area contributed by atoms with Gasteiger partial charge in [-0.1, -0.05) is 20.8 Å². The van der Waals surface area contributed by atoms with Crippen LogP contribution >= 0.6 is 0 Å². The number of rotatable bonds is 4. The van der Waals surface area contributed by atoms with Crippen LogP contribution in [0.2, 0.25) is 0 Å². The molecule has 112 valence electrons. The first-order valence-corrected chi connectivity index (χ1v) is 7.09. The molecule has 1 aromatic rings. The Bertz CT molecular complexity index is 477. The van der Waals surface area contributed by atoms with Gasteiger partial charge in [0.1, 0.15) is 0 Å². The number of hydrogen-bond acceptors (Lipinski definition) is 3. The minimum atomic E-state index is -0.0643. The molecule has 0 aliphatic rings. The van der Waals surface area contributed by atoms with Crippen molar-refractivity contribution in [3.63, 3.8) is 0 Å². The van der Waals surface area contributed by atoms with Crippen molar-refractivity contribution in [2.75, 3.05) is 24.2 Å². The molecule has 0 spiro atoms. The Labute approximate surface area is 122 Å². The number of hydrogen-bond donors (Lipinski definition) is 2. The van der Waals surface area contributed by atoms with Crippen molar-refractivity contribution in [3.8, 4) is 0 Å². The van der Waals surface area contributed by atoms with Crippen LogP contribution in [0.4, 0.5) is 11.4 Å². The zero-order valence-corrected chi connectivity index (χ0v) is 13.4. The first-order valence-electron chi connectivity index (χ1n) is 7.09. The summed E-state index contributed by atoms with van der Waals surface area (Å²) >= 11 is 0. The number of nitrogen functional groups attached to an aromatic ring is 1. The van der Waals surface area contributed by atoms with Gasteiger partial charge in [-0.3, -0.25) is 4.79 Å². The topological polar surface area (TPSA) is 58.4 Å². The van der Waals surface area contributed by atoms with Crippen LogP contribution < -0.4 is 16.0 Å². The van der Waals surface area contributed by atoms with E-state index in [4.69, 9.17) is 5.73 Å². The Morgan fingerprint density at radius 2 is 2.00 bits per heavy atom. The molecule has 4 nitrogen and oxygen atoms in total. The SMILES string of the molecule is CCNC(=O)c1ccc(N)c(N(C)C(C)C(C)(C)C)c1. The summed E-state index contributed by atoms with van der Waals surface area (Å²) < 4.78 is 0. The highest BCUT2D eigenvalue weighted by Gasteiger charge is 2.25. The average molecular weight is 277 g/mol. The number of carbonyl (C=O) groups is 1. The van der Waals surface area contributed by atoms with Gasteiger partial charge in [-0.2, -0.15) is 0 Å². The van der Waals surface area contributed by atoms with Crippen molar-refractivity contribution in [1.82, 2.24) is 5.32 Å². The average Bonchev–Trinajstić information content (AvgIpc) is 2.36. The van der Waals surface area contributed by atoms with Crippen molar-refractivity contribution in [2.45, 2.75) is 40.7 Å². The molecule has 0 bridgehead atoms. The molecule has 0 aliphatic heterocycles. The number of anilines is 2. The maximum atomic E-state index is 11.9. The highest BCUT2D eigenvalue weighted by Crippen LogP contribution is 2.31. The third-order valence-corrected chi connectivity index (χ3v) is 3.84. The standard InChI is InChI=1S/C16H27N3O/c1-7-18-15(20)12-8-9-13(17)14(10-12)19(6)11(2)16(3,4)5/h8-11H,7,17H2,1-6H3,(H,18,20). The zero-order chi connectivity index (χ0) is 15.5. The maximum Gasteiger partial charge on any atom is 0.251 e.